The summed E-state index contributed by atoms with van der Waals surface area (Å²) in [6.07, 6.45) is 3.78. The number of aryl methyl sites for hydroxylation is 2. The second kappa shape index (κ2) is 13.6. The van der Waals surface area contributed by atoms with Gasteiger partial charge in [0.15, 0.2) is 11.6 Å². The molecule has 5 rings (SSSR count). The van der Waals surface area contributed by atoms with Crippen LogP contribution in [0.1, 0.15) is 43.4 Å². The number of amides is 1. The molecular weight excluding hydrogens is 577 g/mol. The normalized spacial score (nSPS) is 11.3. The number of hydrogen-bond acceptors (Lipinski definition) is 6. The Labute approximate surface area is 256 Å². The molecule has 1 amide bonds. The predicted octanol–water partition coefficient (Wildman–Crippen LogP) is 7.40. The Morgan fingerprint density at radius 2 is 1.39 bits per heavy atom. The van der Waals surface area contributed by atoms with Gasteiger partial charge >= 0.3 is 0 Å². The molecular formula is C34H34FN5O3S. The number of benzene rings is 4. The molecule has 0 fully saturated rings. The maximum Gasteiger partial charge on any atom is 0.263 e. The molecule has 0 saturated heterocycles. The number of para-hydroxylation sites is 2. The average molecular weight is 612 g/mol. The van der Waals surface area contributed by atoms with Crippen molar-refractivity contribution in [3.63, 3.8) is 0 Å². The summed E-state index contributed by atoms with van der Waals surface area (Å²) in [4.78, 5) is 21.8. The quantitative estimate of drug-likeness (QED) is 0.136. The minimum absolute atomic E-state index is 0.0437. The van der Waals surface area contributed by atoms with E-state index in [-0.39, 0.29) is 28.6 Å². The van der Waals surface area contributed by atoms with E-state index in [0.717, 1.165) is 31.4 Å². The number of anilines is 4. The van der Waals surface area contributed by atoms with Crippen LogP contribution in [0.15, 0.2) is 95.9 Å². The zero-order valence-electron chi connectivity index (χ0n) is 24.6. The zero-order valence-corrected chi connectivity index (χ0v) is 25.4. The molecule has 0 spiro atoms. The number of carbonyl (C=O) groups excluding carboxylic acids is 1. The first kappa shape index (κ1) is 30.6. The van der Waals surface area contributed by atoms with Crippen LogP contribution in [0.25, 0.3) is 11.0 Å². The number of hydrogen-bond donors (Lipinski definition) is 3. The van der Waals surface area contributed by atoms with Crippen LogP contribution in [0.5, 0.6) is 0 Å². The van der Waals surface area contributed by atoms with Crippen molar-refractivity contribution in [1.29, 1.82) is 0 Å². The number of fused-ring (bicyclic) bond motifs is 1. The van der Waals surface area contributed by atoms with Crippen molar-refractivity contribution in [2.75, 3.05) is 15.4 Å². The second-order valence-corrected chi connectivity index (χ2v) is 12.2. The smallest absolute Gasteiger partial charge is 0.263 e. The molecule has 1 heterocycles. The van der Waals surface area contributed by atoms with E-state index in [9.17, 15) is 17.6 Å². The molecule has 0 aliphatic rings. The first-order valence-electron chi connectivity index (χ1n) is 14.6. The van der Waals surface area contributed by atoms with Crippen LogP contribution in [-0.2, 0) is 34.1 Å². The van der Waals surface area contributed by atoms with Crippen molar-refractivity contribution in [3.8, 4) is 0 Å². The molecule has 4 aromatic carbocycles. The van der Waals surface area contributed by atoms with Gasteiger partial charge < -0.3 is 10.6 Å². The maximum atomic E-state index is 13.6. The molecule has 5 aromatic rings. The van der Waals surface area contributed by atoms with Crippen molar-refractivity contribution >= 4 is 50.0 Å². The molecule has 0 atom stereocenters. The highest BCUT2D eigenvalue weighted by molar-refractivity contribution is 7.92. The van der Waals surface area contributed by atoms with Gasteiger partial charge in [0.25, 0.3) is 10.0 Å². The third-order valence-corrected chi connectivity index (χ3v) is 8.21. The van der Waals surface area contributed by atoms with Gasteiger partial charge in [-0.3, -0.25) is 9.52 Å². The summed E-state index contributed by atoms with van der Waals surface area (Å²) in [5.41, 5.74) is 5.10. The lowest BCUT2D eigenvalue weighted by Crippen LogP contribution is -2.17. The first-order valence-corrected chi connectivity index (χ1v) is 16.0. The van der Waals surface area contributed by atoms with Crippen molar-refractivity contribution in [1.82, 2.24) is 9.97 Å². The number of nitrogens with zero attached hydrogens (tertiary/aromatic N) is 2. The Hall–Kier alpha value is -4.83. The monoisotopic (exact) mass is 611 g/mol. The summed E-state index contributed by atoms with van der Waals surface area (Å²) in [6.45, 7) is 4.26. The molecule has 44 heavy (non-hydrogen) atoms. The number of rotatable bonds is 12. The summed E-state index contributed by atoms with van der Waals surface area (Å²) < 4.78 is 43.4. The van der Waals surface area contributed by atoms with E-state index in [1.807, 2.05) is 30.3 Å². The lowest BCUT2D eigenvalue weighted by molar-refractivity contribution is -0.115. The van der Waals surface area contributed by atoms with Gasteiger partial charge in [0.2, 0.25) is 5.91 Å². The van der Waals surface area contributed by atoms with Crippen LogP contribution < -0.4 is 15.4 Å². The Kier molecular flexibility index (Phi) is 9.50. The van der Waals surface area contributed by atoms with Crippen LogP contribution in [-0.4, -0.2) is 24.3 Å². The molecule has 0 unspecified atom stereocenters. The van der Waals surface area contributed by atoms with Crippen molar-refractivity contribution in [3.05, 3.63) is 114 Å². The van der Waals surface area contributed by atoms with E-state index in [2.05, 4.69) is 40.3 Å². The summed E-state index contributed by atoms with van der Waals surface area (Å²) >= 11 is 0. The highest BCUT2D eigenvalue weighted by Gasteiger charge is 2.20. The summed E-state index contributed by atoms with van der Waals surface area (Å²) in [5.74, 6) is -0.530. The SMILES string of the molecule is CCCc1cc(CCC)cc(Nc2nc3ccccc3nc2NS(=O)(=O)c2cccc(NC(=O)Cc3cccc(F)c3)c2)c1. The molecule has 3 N–H and O–H groups in total. The number of carbonyl (C=O) groups is 1. The van der Waals surface area contributed by atoms with Gasteiger partial charge in [-0.25, -0.2) is 22.8 Å². The Bertz CT molecular complexity index is 1890. The van der Waals surface area contributed by atoms with E-state index in [4.69, 9.17) is 4.98 Å². The molecule has 0 aliphatic carbocycles. The molecule has 0 radical (unpaired) electrons. The van der Waals surface area contributed by atoms with Crippen LogP contribution >= 0.6 is 0 Å². The Morgan fingerprint density at radius 1 is 0.727 bits per heavy atom. The minimum Gasteiger partial charge on any atom is -0.337 e. The lowest BCUT2D eigenvalue weighted by Gasteiger charge is -2.16. The van der Waals surface area contributed by atoms with Crippen molar-refractivity contribution in [2.45, 2.75) is 50.8 Å². The van der Waals surface area contributed by atoms with E-state index >= 15 is 0 Å². The van der Waals surface area contributed by atoms with Crippen molar-refractivity contribution in [2.24, 2.45) is 0 Å². The average Bonchev–Trinajstić information content (AvgIpc) is 2.98. The van der Waals surface area contributed by atoms with Crippen LogP contribution in [0, 0.1) is 5.82 Å². The Balaban J connectivity index is 1.43. The van der Waals surface area contributed by atoms with Crippen LogP contribution in [0.2, 0.25) is 0 Å². The van der Waals surface area contributed by atoms with Gasteiger partial charge in [-0.05, 0) is 84.1 Å². The summed E-state index contributed by atoms with van der Waals surface area (Å²) in [7, 11) is -4.15. The topological polar surface area (TPSA) is 113 Å². The number of nitrogens with one attached hydrogen (secondary N) is 3. The van der Waals surface area contributed by atoms with E-state index in [0.29, 0.717) is 16.6 Å². The number of halogens is 1. The number of sulfonamides is 1. The van der Waals surface area contributed by atoms with Gasteiger partial charge in [0, 0.05) is 11.4 Å². The highest BCUT2D eigenvalue weighted by Crippen LogP contribution is 2.29. The zero-order chi connectivity index (χ0) is 31.1. The fourth-order valence-corrected chi connectivity index (χ4v) is 6.02. The predicted molar refractivity (Wildman–Crippen MR) is 173 cm³/mol. The fraction of sp³-hybridized carbons (Fsp3) is 0.206. The number of aromatic nitrogens is 2. The fourth-order valence-electron chi connectivity index (χ4n) is 4.96. The van der Waals surface area contributed by atoms with Gasteiger partial charge in [-0.1, -0.05) is 63.1 Å². The van der Waals surface area contributed by atoms with Crippen LogP contribution in [0.3, 0.4) is 0 Å². The van der Waals surface area contributed by atoms with Gasteiger partial charge in [0.05, 0.1) is 22.3 Å². The standard InChI is InChI=1S/C34H34FN5O3S/c1-3-9-23-17-24(10-4-2)20-28(19-23)37-33-34(39-31-16-6-5-15-30(31)38-33)40-44(42,43)29-14-8-13-27(22-29)36-32(41)21-25-11-7-12-26(35)18-25/h5-8,11-20,22H,3-4,9-10,21H2,1-2H3,(H,36,41)(H,37,38)(H,39,40). The third kappa shape index (κ3) is 7.76. The van der Waals surface area contributed by atoms with E-state index < -0.39 is 21.7 Å². The largest absolute Gasteiger partial charge is 0.337 e. The third-order valence-electron chi connectivity index (χ3n) is 6.88. The first-order chi connectivity index (χ1) is 21.2. The minimum atomic E-state index is -4.15. The summed E-state index contributed by atoms with van der Waals surface area (Å²) in [5, 5.41) is 6.01. The summed E-state index contributed by atoms with van der Waals surface area (Å²) in [6, 6.07) is 25.2. The van der Waals surface area contributed by atoms with Gasteiger partial charge in [-0.2, -0.15) is 0 Å². The van der Waals surface area contributed by atoms with Gasteiger partial charge in [-0.15, -0.1) is 0 Å². The maximum absolute atomic E-state index is 13.6. The van der Waals surface area contributed by atoms with Crippen molar-refractivity contribution < 1.29 is 17.6 Å². The highest BCUT2D eigenvalue weighted by atomic mass is 32.2. The molecule has 1 aromatic heterocycles. The van der Waals surface area contributed by atoms with Crippen LogP contribution in [0.4, 0.5) is 27.4 Å². The molecule has 10 heteroatoms. The molecule has 0 aliphatic heterocycles. The molecule has 0 bridgehead atoms. The molecule has 0 saturated carbocycles. The Morgan fingerprint density at radius 3 is 2.05 bits per heavy atom. The lowest BCUT2D eigenvalue weighted by atomic mass is 10.0. The molecule has 8 nitrogen and oxygen atoms in total. The van der Waals surface area contributed by atoms with E-state index in [1.165, 1.54) is 47.5 Å². The van der Waals surface area contributed by atoms with E-state index in [1.54, 1.807) is 18.2 Å². The molecule has 226 valence electrons. The van der Waals surface area contributed by atoms with Gasteiger partial charge in [0.1, 0.15) is 5.82 Å². The second-order valence-electron chi connectivity index (χ2n) is 10.6.